The van der Waals surface area contributed by atoms with E-state index in [9.17, 15) is 8.78 Å². The Kier molecular flexibility index (Phi) is 4.91. The first-order valence-electron chi connectivity index (χ1n) is 4.67. The van der Waals surface area contributed by atoms with Gasteiger partial charge in [0.2, 0.25) is 0 Å². The molecule has 86 valence electrons. The van der Waals surface area contributed by atoms with Crippen molar-refractivity contribution in [3.8, 4) is 0 Å². The molecular formula is C9H13F2IN2O. The first-order valence-corrected chi connectivity index (χ1v) is 5.75. The van der Waals surface area contributed by atoms with E-state index in [1.165, 1.54) is 6.20 Å². The van der Waals surface area contributed by atoms with Gasteiger partial charge in [0, 0.05) is 0 Å². The van der Waals surface area contributed by atoms with E-state index in [-0.39, 0.29) is 12.7 Å². The molecule has 0 saturated carbocycles. The zero-order valence-electron chi connectivity index (χ0n) is 8.58. The van der Waals surface area contributed by atoms with Crippen LogP contribution in [0.3, 0.4) is 0 Å². The van der Waals surface area contributed by atoms with Gasteiger partial charge in [0.25, 0.3) is 0 Å². The molecule has 1 aromatic heterocycles. The number of alkyl halides is 2. The molecule has 6 heteroatoms. The van der Waals surface area contributed by atoms with Gasteiger partial charge in [-0.05, 0) is 35.9 Å². The highest BCUT2D eigenvalue weighted by atomic mass is 127. The molecule has 0 amide bonds. The normalized spacial score (nSPS) is 13.5. The molecule has 1 aromatic rings. The second-order valence-corrected chi connectivity index (χ2v) is 4.35. The Morgan fingerprint density at radius 1 is 1.60 bits per heavy atom. The van der Waals surface area contributed by atoms with Crippen molar-refractivity contribution in [2.45, 2.75) is 39.5 Å². The SMILES string of the molecule is CC[C@@H](C)OCc1c(I)cnn1C(F)F. The average Bonchev–Trinajstić information content (AvgIpc) is 2.56. The lowest BCUT2D eigenvalue weighted by Crippen LogP contribution is -2.12. The van der Waals surface area contributed by atoms with Crippen molar-refractivity contribution in [2.24, 2.45) is 0 Å². The summed E-state index contributed by atoms with van der Waals surface area (Å²) in [5.74, 6) is 0. The monoisotopic (exact) mass is 330 g/mol. The van der Waals surface area contributed by atoms with Gasteiger partial charge in [-0.2, -0.15) is 13.9 Å². The quantitative estimate of drug-likeness (QED) is 0.776. The van der Waals surface area contributed by atoms with Crippen LogP contribution in [-0.4, -0.2) is 15.9 Å². The Labute approximate surface area is 101 Å². The summed E-state index contributed by atoms with van der Waals surface area (Å²) >= 11 is 1.98. The lowest BCUT2D eigenvalue weighted by Gasteiger charge is -2.12. The zero-order chi connectivity index (χ0) is 11.4. The van der Waals surface area contributed by atoms with Crippen LogP contribution in [0.1, 0.15) is 32.5 Å². The molecule has 1 rings (SSSR count). The van der Waals surface area contributed by atoms with Gasteiger partial charge in [-0.25, -0.2) is 4.68 Å². The van der Waals surface area contributed by atoms with Crippen molar-refractivity contribution in [2.75, 3.05) is 0 Å². The van der Waals surface area contributed by atoms with Crippen LogP contribution in [0.2, 0.25) is 0 Å². The molecule has 0 bridgehead atoms. The van der Waals surface area contributed by atoms with Crippen LogP contribution in [0.5, 0.6) is 0 Å². The maximum Gasteiger partial charge on any atom is 0.333 e. The van der Waals surface area contributed by atoms with Crippen molar-refractivity contribution < 1.29 is 13.5 Å². The highest BCUT2D eigenvalue weighted by Crippen LogP contribution is 2.19. The van der Waals surface area contributed by atoms with E-state index in [0.29, 0.717) is 13.9 Å². The Morgan fingerprint density at radius 3 is 2.80 bits per heavy atom. The van der Waals surface area contributed by atoms with Crippen molar-refractivity contribution in [1.29, 1.82) is 0 Å². The molecule has 0 saturated heterocycles. The van der Waals surface area contributed by atoms with Crippen molar-refractivity contribution >= 4 is 22.6 Å². The van der Waals surface area contributed by atoms with Gasteiger partial charge in [0.05, 0.1) is 28.2 Å². The van der Waals surface area contributed by atoms with Gasteiger partial charge in [-0.3, -0.25) is 0 Å². The van der Waals surface area contributed by atoms with Gasteiger partial charge in [-0.1, -0.05) is 6.92 Å². The molecule has 0 spiro atoms. The lowest BCUT2D eigenvalue weighted by atomic mass is 10.3. The number of ether oxygens (including phenoxy) is 1. The van der Waals surface area contributed by atoms with Crippen LogP contribution >= 0.6 is 22.6 Å². The van der Waals surface area contributed by atoms with Crippen LogP contribution in [0, 0.1) is 3.57 Å². The van der Waals surface area contributed by atoms with E-state index >= 15 is 0 Å². The van der Waals surface area contributed by atoms with Gasteiger partial charge >= 0.3 is 6.55 Å². The summed E-state index contributed by atoms with van der Waals surface area (Å²) in [6, 6.07) is 0. The minimum Gasteiger partial charge on any atom is -0.372 e. The highest BCUT2D eigenvalue weighted by molar-refractivity contribution is 14.1. The Bertz CT molecular complexity index is 317. The van der Waals surface area contributed by atoms with E-state index in [2.05, 4.69) is 5.10 Å². The van der Waals surface area contributed by atoms with E-state index < -0.39 is 6.55 Å². The second-order valence-electron chi connectivity index (χ2n) is 3.19. The van der Waals surface area contributed by atoms with Crippen LogP contribution in [0.4, 0.5) is 8.78 Å². The van der Waals surface area contributed by atoms with Gasteiger partial charge < -0.3 is 4.74 Å². The molecule has 0 fully saturated rings. The molecular weight excluding hydrogens is 317 g/mol. The molecule has 0 aliphatic carbocycles. The van der Waals surface area contributed by atoms with E-state index in [1.807, 2.05) is 36.4 Å². The summed E-state index contributed by atoms with van der Waals surface area (Å²) in [5.41, 5.74) is 0.436. The van der Waals surface area contributed by atoms with Crippen LogP contribution in [0.15, 0.2) is 6.20 Å². The predicted octanol–water partition coefficient (Wildman–Crippen LogP) is 3.20. The summed E-state index contributed by atoms with van der Waals surface area (Å²) < 4.78 is 31.8. The standard InChI is InChI=1S/C9H13F2IN2O/c1-3-6(2)15-5-8-7(12)4-13-14(8)9(10)11/h4,6,9H,3,5H2,1-2H3/t6-/m1/s1. The van der Waals surface area contributed by atoms with E-state index in [1.54, 1.807) is 0 Å². The number of halogens is 3. The maximum absolute atomic E-state index is 12.5. The fraction of sp³-hybridized carbons (Fsp3) is 0.667. The first-order chi connectivity index (χ1) is 7.06. The van der Waals surface area contributed by atoms with E-state index in [0.717, 1.165) is 6.42 Å². The molecule has 1 heterocycles. The minimum atomic E-state index is -2.61. The number of rotatable bonds is 5. The molecule has 15 heavy (non-hydrogen) atoms. The fourth-order valence-corrected chi connectivity index (χ4v) is 1.54. The molecule has 3 nitrogen and oxygen atoms in total. The summed E-state index contributed by atoms with van der Waals surface area (Å²) in [7, 11) is 0. The maximum atomic E-state index is 12.5. The third kappa shape index (κ3) is 3.37. The number of hydrogen-bond donors (Lipinski definition) is 0. The molecule has 0 unspecified atom stereocenters. The predicted molar refractivity (Wildman–Crippen MR) is 60.7 cm³/mol. The van der Waals surface area contributed by atoms with Crippen LogP contribution < -0.4 is 0 Å². The topological polar surface area (TPSA) is 27.1 Å². The number of hydrogen-bond acceptors (Lipinski definition) is 2. The van der Waals surface area contributed by atoms with Crippen LogP contribution in [-0.2, 0) is 11.3 Å². The first kappa shape index (κ1) is 12.8. The van der Waals surface area contributed by atoms with Crippen LogP contribution in [0.25, 0.3) is 0 Å². The van der Waals surface area contributed by atoms with Crippen molar-refractivity contribution in [3.05, 3.63) is 15.5 Å². The highest BCUT2D eigenvalue weighted by Gasteiger charge is 2.16. The summed E-state index contributed by atoms with van der Waals surface area (Å²) in [5, 5.41) is 3.60. The van der Waals surface area contributed by atoms with Gasteiger partial charge in [-0.15, -0.1) is 0 Å². The van der Waals surface area contributed by atoms with Crippen molar-refractivity contribution in [3.63, 3.8) is 0 Å². The summed E-state index contributed by atoms with van der Waals surface area (Å²) in [4.78, 5) is 0. The largest absolute Gasteiger partial charge is 0.372 e. The molecule has 1 atom stereocenters. The third-order valence-corrected chi connectivity index (χ3v) is 3.01. The van der Waals surface area contributed by atoms with Gasteiger partial charge in [0.15, 0.2) is 0 Å². The van der Waals surface area contributed by atoms with Gasteiger partial charge in [0.1, 0.15) is 0 Å². The Balaban J connectivity index is 2.70. The minimum absolute atomic E-state index is 0.0711. The molecule has 0 aromatic carbocycles. The molecule has 0 radical (unpaired) electrons. The average molecular weight is 330 g/mol. The number of aromatic nitrogens is 2. The number of nitrogens with zero attached hydrogens (tertiary/aromatic N) is 2. The Morgan fingerprint density at radius 2 is 2.27 bits per heavy atom. The Hall–Kier alpha value is -0.240. The smallest absolute Gasteiger partial charge is 0.333 e. The zero-order valence-corrected chi connectivity index (χ0v) is 10.7. The fourth-order valence-electron chi connectivity index (χ4n) is 1.01. The van der Waals surface area contributed by atoms with E-state index in [4.69, 9.17) is 4.74 Å². The molecule has 0 aliphatic rings. The second kappa shape index (κ2) is 5.74. The summed E-state index contributed by atoms with van der Waals surface area (Å²) in [6.45, 7) is 1.47. The van der Waals surface area contributed by atoms with Crippen molar-refractivity contribution in [1.82, 2.24) is 9.78 Å². The third-order valence-electron chi connectivity index (χ3n) is 2.11. The summed E-state index contributed by atoms with van der Waals surface area (Å²) in [6.07, 6.45) is 2.35. The molecule has 0 aliphatic heterocycles. The lowest BCUT2D eigenvalue weighted by molar-refractivity contribution is 0.0215. The molecule has 0 N–H and O–H groups in total.